The summed E-state index contributed by atoms with van der Waals surface area (Å²) in [6, 6.07) is -1.24. The molecule has 1 saturated heterocycles. The second-order valence-corrected chi connectivity index (χ2v) is 2.91. The molecule has 0 radical (unpaired) electrons. The van der Waals surface area contributed by atoms with Crippen LogP contribution in [-0.4, -0.2) is 41.0 Å². The van der Waals surface area contributed by atoms with E-state index in [4.69, 9.17) is 15.6 Å². The zero-order chi connectivity index (χ0) is 9.14. The molecule has 5 nitrogen and oxygen atoms in total. The molecule has 1 aliphatic heterocycles. The van der Waals surface area contributed by atoms with Crippen LogP contribution in [0.2, 0.25) is 0 Å². The van der Waals surface area contributed by atoms with Crippen LogP contribution in [0.15, 0.2) is 0 Å². The average molecular weight is 175 g/mol. The van der Waals surface area contributed by atoms with Gasteiger partial charge in [0.15, 0.2) is 0 Å². The molecular weight excluding hydrogens is 162 g/mol. The molecule has 0 aromatic rings. The van der Waals surface area contributed by atoms with Crippen molar-refractivity contribution in [3.63, 3.8) is 0 Å². The number of hydrogen-bond donors (Lipinski definition) is 3. The Morgan fingerprint density at radius 2 is 2.33 bits per heavy atom. The van der Waals surface area contributed by atoms with Crippen molar-refractivity contribution in [1.29, 1.82) is 0 Å². The van der Waals surface area contributed by atoms with Crippen molar-refractivity contribution in [3.05, 3.63) is 0 Å². The first-order valence-corrected chi connectivity index (χ1v) is 3.91. The second kappa shape index (κ2) is 3.84. The predicted molar refractivity (Wildman–Crippen MR) is 40.6 cm³/mol. The lowest BCUT2D eigenvalue weighted by Crippen LogP contribution is -2.47. The molecule has 3 atom stereocenters. The number of ether oxygens (including phenoxy) is 1. The summed E-state index contributed by atoms with van der Waals surface area (Å²) < 4.78 is 5.09. The number of aliphatic hydroxyl groups excluding tert-OH is 1. The quantitative estimate of drug-likeness (QED) is 0.508. The first-order valence-electron chi connectivity index (χ1n) is 3.91. The minimum absolute atomic E-state index is 0.406. The summed E-state index contributed by atoms with van der Waals surface area (Å²) in [4.78, 5) is 10.4. The predicted octanol–water partition coefficient (Wildman–Crippen LogP) is -1.06. The Balaban J connectivity index is 2.44. The number of aliphatic carboxylic acids is 1. The van der Waals surface area contributed by atoms with Gasteiger partial charge in [-0.2, -0.15) is 0 Å². The maximum absolute atomic E-state index is 10.4. The van der Waals surface area contributed by atoms with Gasteiger partial charge in [-0.3, -0.25) is 4.79 Å². The molecule has 70 valence electrons. The smallest absolute Gasteiger partial charge is 0.323 e. The zero-order valence-corrected chi connectivity index (χ0v) is 6.64. The number of carboxylic acids is 1. The Hall–Kier alpha value is -0.650. The zero-order valence-electron chi connectivity index (χ0n) is 6.64. The third-order valence-corrected chi connectivity index (χ3v) is 2.00. The van der Waals surface area contributed by atoms with Crippen LogP contribution in [0.1, 0.15) is 12.8 Å². The Morgan fingerprint density at radius 3 is 2.75 bits per heavy atom. The summed E-state index contributed by atoms with van der Waals surface area (Å²) >= 11 is 0. The standard InChI is InChI=1S/C7H13NO4/c8-5(7(10)11)6(9)4-2-1-3-12-4/h4-6,9H,1-3,8H2,(H,10,11). The highest BCUT2D eigenvalue weighted by Crippen LogP contribution is 2.16. The lowest BCUT2D eigenvalue weighted by Gasteiger charge is -2.20. The van der Waals surface area contributed by atoms with Crippen LogP contribution in [0.25, 0.3) is 0 Å². The normalized spacial score (nSPS) is 28.3. The fraction of sp³-hybridized carbons (Fsp3) is 0.857. The van der Waals surface area contributed by atoms with Crippen molar-refractivity contribution in [3.8, 4) is 0 Å². The number of hydrogen-bond acceptors (Lipinski definition) is 4. The van der Waals surface area contributed by atoms with Gasteiger partial charge in [0.25, 0.3) is 0 Å². The maximum atomic E-state index is 10.4. The van der Waals surface area contributed by atoms with Gasteiger partial charge in [0.2, 0.25) is 0 Å². The molecule has 0 aliphatic carbocycles. The molecule has 0 bridgehead atoms. The van der Waals surface area contributed by atoms with Gasteiger partial charge in [0.05, 0.1) is 6.10 Å². The largest absolute Gasteiger partial charge is 0.480 e. The van der Waals surface area contributed by atoms with Gasteiger partial charge >= 0.3 is 5.97 Å². The highest BCUT2D eigenvalue weighted by atomic mass is 16.5. The van der Waals surface area contributed by atoms with Crippen molar-refractivity contribution >= 4 is 5.97 Å². The molecule has 5 heteroatoms. The molecule has 1 aliphatic rings. The molecule has 0 spiro atoms. The van der Waals surface area contributed by atoms with Gasteiger partial charge in [-0.1, -0.05) is 0 Å². The Morgan fingerprint density at radius 1 is 1.67 bits per heavy atom. The van der Waals surface area contributed by atoms with E-state index in [1.165, 1.54) is 0 Å². The Labute approximate surface area is 70.1 Å². The molecule has 1 rings (SSSR count). The van der Waals surface area contributed by atoms with E-state index in [1.54, 1.807) is 0 Å². The fourth-order valence-corrected chi connectivity index (χ4v) is 1.25. The van der Waals surface area contributed by atoms with Crippen LogP contribution in [0, 0.1) is 0 Å². The lowest BCUT2D eigenvalue weighted by atomic mass is 10.0. The molecule has 1 heterocycles. The third-order valence-electron chi connectivity index (χ3n) is 2.00. The van der Waals surface area contributed by atoms with Crippen molar-refractivity contribution in [1.82, 2.24) is 0 Å². The fourth-order valence-electron chi connectivity index (χ4n) is 1.25. The van der Waals surface area contributed by atoms with Crippen LogP contribution in [0.3, 0.4) is 0 Å². The molecule has 1 fully saturated rings. The van der Waals surface area contributed by atoms with E-state index in [9.17, 15) is 9.90 Å². The molecule has 12 heavy (non-hydrogen) atoms. The summed E-state index contributed by atoms with van der Waals surface area (Å²) in [7, 11) is 0. The number of nitrogens with two attached hydrogens (primary N) is 1. The van der Waals surface area contributed by atoms with Gasteiger partial charge in [0.1, 0.15) is 12.1 Å². The van der Waals surface area contributed by atoms with Crippen LogP contribution in [-0.2, 0) is 9.53 Å². The number of rotatable bonds is 3. The second-order valence-electron chi connectivity index (χ2n) is 2.91. The minimum Gasteiger partial charge on any atom is -0.480 e. The highest BCUT2D eigenvalue weighted by Gasteiger charge is 2.32. The van der Waals surface area contributed by atoms with Gasteiger partial charge in [-0.05, 0) is 12.8 Å². The van der Waals surface area contributed by atoms with Crippen LogP contribution < -0.4 is 5.73 Å². The maximum Gasteiger partial charge on any atom is 0.323 e. The first-order chi connectivity index (χ1) is 5.63. The molecule has 0 aromatic heterocycles. The summed E-state index contributed by atoms with van der Waals surface area (Å²) in [5, 5.41) is 17.8. The Kier molecular flexibility index (Phi) is 3.02. The molecule has 0 saturated carbocycles. The summed E-state index contributed by atoms with van der Waals surface area (Å²) in [6.45, 7) is 0.577. The number of carbonyl (C=O) groups is 1. The van der Waals surface area contributed by atoms with Crippen molar-refractivity contribution in [2.45, 2.75) is 31.1 Å². The van der Waals surface area contributed by atoms with Gasteiger partial charge in [0, 0.05) is 6.61 Å². The summed E-state index contributed by atoms with van der Waals surface area (Å²) in [5.41, 5.74) is 5.21. The van der Waals surface area contributed by atoms with Crippen LogP contribution in [0.4, 0.5) is 0 Å². The van der Waals surface area contributed by atoms with E-state index in [0.717, 1.165) is 6.42 Å². The van der Waals surface area contributed by atoms with Gasteiger partial charge < -0.3 is 20.7 Å². The monoisotopic (exact) mass is 175 g/mol. The minimum atomic E-state index is -1.24. The van der Waals surface area contributed by atoms with Crippen molar-refractivity contribution in [2.24, 2.45) is 5.73 Å². The van der Waals surface area contributed by atoms with E-state index in [-0.39, 0.29) is 0 Å². The van der Waals surface area contributed by atoms with Crippen molar-refractivity contribution < 1.29 is 19.7 Å². The van der Waals surface area contributed by atoms with Crippen LogP contribution >= 0.6 is 0 Å². The number of aliphatic hydroxyl groups is 1. The lowest BCUT2D eigenvalue weighted by molar-refractivity contribution is -0.143. The van der Waals surface area contributed by atoms with Gasteiger partial charge in [-0.15, -0.1) is 0 Å². The third kappa shape index (κ3) is 1.94. The van der Waals surface area contributed by atoms with Crippen molar-refractivity contribution in [2.75, 3.05) is 6.61 Å². The van der Waals surface area contributed by atoms with E-state index in [2.05, 4.69) is 0 Å². The molecule has 0 amide bonds. The van der Waals surface area contributed by atoms with E-state index in [1.807, 2.05) is 0 Å². The first kappa shape index (κ1) is 9.44. The van der Waals surface area contributed by atoms with E-state index < -0.39 is 24.2 Å². The van der Waals surface area contributed by atoms with E-state index in [0.29, 0.717) is 13.0 Å². The SMILES string of the molecule is NC(C(=O)O)C(O)C1CCCO1. The van der Waals surface area contributed by atoms with E-state index >= 15 is 0 Å². The topological polar surface area (TPSA) is 92.8 Å². The molecule has 0 aromatic carbocycles. The van der Waals surface area contributed by atoms with Crippen LogP contribution in [0.5, 0.6) is 0 Å². The highest BCUT2D eigenvalue weighted by molar-refractivity contribution is 5.74. The molecule has 3 unspecified atom stereocenters. The molecular formula is C7H13NO4. The number of carboxylic acid groups (broad SMARTS) is 1. The van der Waals surface area contributed by atoms with Gasteiger partial charge in [-0.25, -0.2) is 0 Å². The Bertz CT molecular complexity index is 167. The molecule has 4 N–H and O–H groups in total. The summed E-state index contributed by atoms with van der Waals surface area (Å²) in [5.74, 6) is -1.20. The average Bonchev–Trinajstić information content (AvgIpc) is 2.53. The summed E-state index contributed by atoms with van der Waals surface area (Å²) in [6.07, 6.45) is 0.0389.